The van der Waals surface area contributed by atoms with Gasteiger partial charge < -0.3 is 4.74 Å². The van der Waals surface area contributed by atoms with Gasteiger partial charge in [0.1, 0.15) is 0 Å². The van der Waals surface area contributed by atoms with Crippen LogP contribution in [0.15, 0.2) is 58.8 Å². The number of sulfone groups is 1. The Labute approximate surface area is 111 Å². The van der Waals surface area contributed by atoms with Gasteiger partial charge in [-0.25, -0.2) is 13.2 Å². The van der Waals surface area contributed by atoms with Gasteiger partial charge in [0.25, 0.3) is 0 Å². The van der Waals surface area contributed by atoms with Crippen molar-refractivity contribution in [3.8, 4) is 0 Å². The Morgan fingerprint density at radius 1 is 1.11 bits per heavy atom. The van der Waals surface area contributed by atoms with Crippen molar-refractivity contribution in [2.24, 2.45) is 0 Å². The number of ether oxygens (including phenoxy) is 1. The first kappa shape index (κ1) is 13.3. The fraction of sp³-hybridized carbons (Fsp3) is 0.0714. The van der Waals surface area contributed by atoms with Crippen LogP contribution in [0.3, 0.4) is 0 Å². The van der Waals surface area contributed by atoms with E-state index in [0.29, 0.717) is 5.39 Å². The Hall–Kier alpha value is -2.14. The Balaban J connectivity index is 2.55. The first-order chi connectivity index (χ1) is 9.04. The molecule has 0 heterocycles. The van der Waals surface area contributed by atoms with E-state index in [9.17, 15) is 13.2 Å². The average Bonchev–Trinajstić information content (AvgIpc) is 2.44. The standard InChI is InChI=1S/C14H12O4S/c1-18-14(15)9-10-19(16,17)13-8-4-6-11-5-2-3-7-12(11)13/h2-10H,1H3/b10-9+. The number of esters is 1. The molecule has 0 bridgehead atoms. The van der Waals surface area contributed by atoms with Gasteiger partial charge in [0.2, 0.25) is 9.84 Å². The lowest BCUT2D eigenvalue weighted by Gasteiger charge is -2.04. The molecule has 0 aliphatic heterocycles. The summed E-state index contributed by atoms with van der Waals surface area (Å²) in [4.78, 5) is 11.2. The molecule has 0 saturated heterocycles. The van der Waals surface area contributed by atoms with Gasteiger partial charge in [-0.3, -0.25) is 0 Å². The van der Waals surface area contributed by atoms with Gasteiger partial charge in [0, 0.05) is 16.9 Å². The number of methoxy groups -OCH3 is 1. The van der Waals surface area contributed by atoms with Crippen molar-refractivity contribution in [2.45, 2.75) is 4.90 Å². The molecule has 2 aromatic carbocycles. The van der Waals surface area contributed by atoms with Crippen LogP contribution in [0.1, 0.15) is 0 Å². The van der Waals surface area contributed by atoms with Crippen LogP contribution in [-0.2, 0) is 19.4 Å². The minimum Gasteiger partial charge on any atom is -0.466 e. The van der Waals surface area contributed by atoms with Gasteiger partial charge >= 0.3 is 5.97 Å². The summed E-state index contributed by atoms with van der Waals surface area (Å²) in [6.45, 7) is 0. The topological polar surface area (TPSA) is 60.4 Å². The molecule has 0 amide bonds. The number of carbonyl (C=O) groups is 1. The largest absolute Gasteiger partial charge is 0.466 e. The molecule has 0 fully saturated rings. The van der Waals surface area contributed by atoms with Crippen molar-refractivity contribution >= 4 is 26.6 Å². The highest BCUT2D eigenvalue weighted by molar-refractivity contribution is 7.94. The quantitative estimate of drug-likeness (QED) is 0.637. The normalized spacial score (nSPS) is 11.8. The SMILES string of the molecule is COC(=O)/C=C/S(=O)(=O)c1cccc2ccccc12. The molecule has 0 spiro atoms. The molecule has 0 radical (unpaired) electrons. The number of benzene rings is 2. The van der Waals surface area contributed by atoms with E-state index in [-0.39, 0.29) is 4.90 Å². The monoisotopic (exact) mass is 276 g/mol. The van der Waals surface area contributed by atoms with Gasteiger partial charge in [-0.1, -0.05) is 36.4 Å². The molecule has 0 aliphatic carbocycles. The van der Waals surface area contributed by atoms with Crippen LogP contribution in [0, 0.1) is 0 Å². The summed E-state index contributed by atoms with van der Waals surface area (Å²) in [5, 5.41) is 2.32. The lowest BCUT2D eigenvalue weighted by atomic mass is 10.1. The molecule has 2 aromatic rings. The fourth-order valence-corrected chi connectivity index (χ4v) is 2.93. The maximum absolute atomic E-state index is 12.2. The lowest BCUT2D eigenvalue weighted by Crippen LogP contribution is -2.00. The molecule has 0 saturated carbocycles. The summed E-state index contributed by atoms with van der Waals surface area (Å²) in [5.41, 5.74) is 0. The van der Waals surface area contributed by atoms with Crippen LogP contribution in [0.4, 0.5) is 0 Å². The van der Waals surface area contributed by atoms with E-state index in [2.05, 4.69) is 4.74 Å². The van der Waals surface area contributed by atoms with Gasteiger partial charge in [-0.2, -0.15) is 0 Å². The number of hydrogen-bond donors (Lipinski definition) is 0. The summed E-state index contributed by atoms with van der Waals surface area (Å²) < 4.78 is 28.7. The van der Waals surface area contributed by atoms with E-state index in [0.717, 1.165) is 16.9 Å². The Morgan fingerprint density at radius 3 is 2.53 bits per heavy atom. The Morgan fingerprint density at radius 2 is 1.79 bits per heavy atom. The third kappa shape index (κ3) is 2.82. The summed E-state index contributed by atoms with van der Waals surface area (Å²) in [5.74, 6) is -0.705. The molecule has 0 aromatic heterocycles. The first-order valence-electron chi connectivity index (χ1n) is 5.53. The second-order valence-corrected chi connectivity index (χ2v) is 5.65. The molecular formula is C14H12O4S. The third-order valence-electron chi connectivity index (χ3n) is 2.64. The molecule has 98 valence electrons. The Kier molecular flexibility index (Phi) is 3.66. The van der Waals surface area contributed by atoms with Crippen LogP contribution in [0.5, 0.6) is 0 Å². The lowest BCUT2D eigenvalue weighted by molar-refractivity contribution is -0.134. The Bertz CT molecular complexity index is 740. The molecule has 4 nitrogen and oxygen atoms in total. The predicted octanol–water partition coefficient (Wildman–Crippen LogP) is 2.30. The van der Waals surface area contributed by atoms with Crippen molar-refractivity contribution in [2.75, 3.05) is 7.11 Å². The zero-order valence-electron chi connectivity index (χ0n) is 10.2. The highest BCUT2D eigenvalue weighted by Gasteiger charge is 2.14. The number of carbonyl (C=O) groups excluding carboxylic acids is 1. The van der Waals surface area contributed by atoms with Crippen LogP contribution < -0.4 is 0 Å². The van der Waals surface area contributed by atoms with E-state index < -0.39 is 15.8 Å². The molecule has 2 rings (SSSR count). The molecule has 0 aliphatic rings. The van der Waals surface area contributed by atoms with Crippen molar-refractivity contribution in [3.63, 3.8) is 0 Å². The van der Waals surface area contributed by atoms with Gasteiger partial charge in [0.15, 0.2) is 0 Å². The van der Waals surface area contributed by atoms with Crippen LogP contribution in [0.2, 0.25) is 0 Å². The summed E-state index contributed by atoms with van der Waals surface area (Å²) >= 11 is 0. The van der Waals surface area contributed by atoms with E-state index in [4.69, 9.17) is 0 Å². The maximum atomic E-state index is 12.2. The molecule has 5 heteroatoms. The molecule has 0 atom stereocenters. The molecule has 0 N–H and O–H groups in total. The summed E-state index contributed by atoms with van der Waals surface area (Å²) in [6, 6.07) is 12.2. The van der Waals surface area contributed by atoms with Crippen molar-refractivity contribution in [1.82, 2.24) is 0 Å². The highest BCUT2D eigenvalue weighted by atomic mass is 32.2. The minimum absolute atomic E-state index is 0.172. The smallest absolute Gasteiger partial charge is 0.331 e. The second-order valence-electron chi connectivity index (χ2n) is 3.85. The van der Waals surface area contributed by atoms with E-state index in [1.54, 1.807) is 18.2 Å². The van der Waals surface area contributed by atoms with Crippen molar-refractivity contribution in [1.29, 1.82) is 0 Å². The highest BCUT2D eigenvalue weighted by Crippen LogP contribution is 2.24. The average molecular weight is 276 g/mol. The van der Waals surface area contributed by atoms with Gasteiger partial charge in [0.05, 0.1) is 12.0 Å². The number of hydrogen-bond acceptors (Lipinski definition) is 4. The van der Waals surface area contributed by atoms with Gasteiger partial charge in [-0.05, 0) is 11.5 Å². The third-order valence-corrected chi connectivity index (χ3v) is 4.10. The van der Waals surface area contributed by atoms with Crippen LogP contribution in [0.25, 0.3) is 10.8 Å². The van der Waals surface area contributed by atoms with E-state index >= 15 is 0 Å². The molecule has 0 unspecified atom stereocenters. The van der Waals surface area contributed by atoms with Crippen LogP contribution >= 0.6 is 0 Å². The maximum Gasteiger partial charge on any atom is 0.331 e. The van der Waals surface area contributed by atoms with Crippen molar-refractivity contribution < 1.29 is 17.9 Å². The first-order valence-corrected chi connectivity index (χ1v) is 7.08. The molecular weight excluding hydrogens is 264 g/mol. The number of rotatable bonds is 3. The fourth-order valence-electron chi connectivity index (χ4n) is 1.73. The second kappa shape index (κ2) is 5.24. The molecule has 19 heavy (non-hydrogen) atoms. The predicted molar refractivity (Wildman–Crippen MR) is 72.3 cm³/mol. The minimum atomic E-state index is -3.67. The van der Waals surface area contributed by atoms with Gasteiger partial charge in [-0.15, -0.1) is 0 Å². The van der Waals surface area contributed by atoms with E-state index in [1.165, 1.54) is 13.2 Å². The zero-order chi connectivity index (χ0) is 13.9. The summed E-state index contributed by atoms with van der Waals surface area (Å²) in [7, 11) is -2.48. The zero-order valence-corrected chi connectivity index (χ0v) is 11.1. The van der Waals surface area contributed by atoms with Crippen molar-refractivity contribution in [3.05, 3.63) is 53.9 Å². The van der Waals surface area contributed by atoms with Crippen LogP contribution in [-0.4, -0.2) is 21.5 Å². The summed E-state index contributed by atoms with van der Waals surface area (Å²) in [6.07, 6.45) is 0.900. The van der Waals surface area contributed by atoms with E-state index in [1.807, 2.05) is 18.2 Å². The number of fused-ring (bicyclic) bond motifs is 1.